The lowest BCUT2D eigenvalue weighted by Gasteiger charge is -2.18. The summed E-state index contributed by atoms with van der Waals surface area (Å²) in [7, 11) is 0. The maximum Gasteiger partial charge on any atom is 0.123 e. The molecule has 3 rings (SSSR count). The van der Waals surface area contributed by atoms with Gasteiger partial charge in [-0.2, -0.15) is 0 Å². The summed E-state index contributed by atoms with van der Waals surface area (Å²) in [6, 6.07) is 14.4. The van der Waals surface area contributed by atoms with Gasteiger partial charge >= 0.3 is 0 Å². The molecule has 0 saturated heterocycles. The standard InChI is InChI=1S/C17H17BrClNO/c1-11(12-3-2-4-15(19)8-12)20-10-16-9-13-7-14(18)5-6-17(13)21-16/h2-8,11,16,20H,9-10H2,1H3/t11-,16?/m0/s1. The van der Waals surface area contributed by atoms with E-state index in [-0.39, 0.29) is 12.1 Å². The number of rotatable bonds is 4. The molecule has 0 saturated carbocycles. The number of fused-ring (bicyclic) bond motifs is 1. The lowest BCUT2D eigenvalue weighted by molar-refractivity contribution is 0.222. The van der Waals surface area contributed by atoms with E-state index in [2.05, 4.69) is 40.3 Å². The fraction of sp³-hybridized carbons (Fsp3) is 0.294. The van der Waals surface area contributed by atoms with Crippen LogP contribution >= 0.6 is 27.5 Å². The van der Waals surface area contributed by atoms with Gasteiger partial charge in [0.25, 0.3) is 0 Å². The Hall–Kier alpha value is -1.03. The van der Waals surface area contributed by atoms with Gasteiger partial charge in [-0.3, -0.25) is 0 Å². The van der Waals surface area contributed by atoms with E-state index in [1.54, 1.807) is 0 Å². The molecule has 0 spiro atoms. The zero-order valence-electron chi connectivity index (χ0n) is 11.8. The molecule has 1 N–H and O–H groups in total. The Morgan fingerprint density at radius 3 is 3.00 bits per heavy atom. The molecule has 1 aliphatic rings. The van der Waals surface area contributed by atoms with Crippen molar-refractivity contribution >= 4 is 27.5 Å². The topological polar surface area (TPSA) is 21.3 Å². The molecule has 4 heteroatoms. The van der Waals surface area contributed by atoms with Crippen LogP contribution in [0.15, 0.2) is 46.9 Å². The van der Waals surface area contributed by atoms with Gasteiger partial charge in [0.15, 0.2) is 0 Å². The van der Waals surface area contributed by atoms with Gasteiger partial charge < -0.3 is 10.1 Å². The third-order valence-electron chi connectivity index (χ3n) is 3.76. The summed E-state index contributed by atoms with van der Waals surface area (Å²) in [5, 5.41) is 4.30. The van der Waals surface area contributed by atoms with Crippen molar-refractivity contribution in [3.8, 4) is 5.75 Å². The van der Waals surface area contributed by atoms with Crippen LogP contribution in [0.1, 0.15) is 24.1 Å². The number of halogens is 2. The highest BCUT2D eigenvalue weighted by Gasteiger charge is 2.23. The summed E-state index contributed by atoms with van der Waals surface area (Å²) in [5.74, 6) is 1.00. The number of ether oxygens (including phenoxy) is 1. The fourth-order valence-corrected chi connectivity index (χ4v) is 3.21. The minimum absolute atomic E-state index is 0.191. The highest BCUT2D eigenvalue weighted by molar-refractivity contribution is 9.10. The number of hydrogen-bond acceptors (Lipinski definition) is 2. The van der Waals surface area contributed by atoms with E-state index in [0.717, 1.165) is 28.2 Å². The van der Waals surface area contributed by atoms with Gasteiger partial charge in [0.05, 0.1) is 0 Å². The summed E-state index contributed by atoms with van der Waals surface area (Å²) in [6.45, 7) is 2.96. The van der Waals surface area contributed by atoms with Crippen LogP contribution in [0.3, 0.4) is 0 Å². The second-order valence-electron chi connectivity index (χ2n) is 5.38. The predicted octanol–water partition coefficient (Wildman–Crippen LogP) is 4.76. The van der Waals surface area contributed by atoms with E-state index >= 15 is 0 Å². The molecule has 0 fully saturated rings. The highest BCUT2D eigenvalue weighted by atomic mass is 79.9. The quantitative estimate of drug-likeness (QED) is 0.842. The highest BCUT2D eigenvalue weighted by Crippen LogP contribution is 2.31. The third-order valence-corrected chi connectivity index (χ3v) is 4.49. The van der Waals surface area contributed by atoms with Crippen molar-refractivity contribution in [3.05, 3.63) is 63.1 Å². The van der Waals surface area contributed by atoms with Crippen molar-refractivity contribution in [1.82, 2.24) is 5.32 Å². The number of benzene rings is 2. The van der Waals surface area contributed by atoms with Crippen LogP contribution in [0.4, 0.5) is 0 Å². The first kappa shape index (κ1) is 14.9. The zero-order valence-corrected chi connectivity index (χ0v) is 14.1. The monoisotopic (exact) mass is 365 g/mol. The molecule has 2 nitrogen and oxygen atoms in total. The summed E-state index contributed by atoms with van der Waals surface area (Å²) in [6.07, 6.45) is 1.14. The lowest BCUT2D eigenvalue weighted by atomic mass is 10.1. The molecule has 2 aromatic rings. The fourth-order valence-electron chi connectivity index (χ4n) is 2.60. The van der Waals surface area contributed by atoms with Crippen LogP contribution in [0.2, 0.25) is 5.02 Å². The normalized spacial score (nSPS) is 18.1. The van der Waals surface area contributed by atoms with E-state index in [0.29, 0.717) is 0 Å². The minimum Gasteiger partial charge on any atom is -0.488 e. The molecule has 0 bridgehead atoms. The number of nitrogens with one attached hydrogen (secondary N) is 1. The Morgan fingerprint density at radius 2 is 2.19 bits per heavy atom. The summed E-state index contributed by atoms with van der Waals surface area (Å²) in [5.41, 5.74) is 2.47. The lowest BCUT2D eigenvalue weighted by Crippen LogP contribution is -2.31. The molecule has 1 unspecified atom stereocenters. The molecule has 1 heterocycles. The minimum atomic E-state index is 0.191. The van der Waals surface area contributed by atoms with Crippen molar-refractivity contribution < 1.29 is 4.74 Å². The Balaban J connectivity index is 1.57. The average molecular weight is 367 g/mol. The maximum absolute atomic E-state index is 6.03. The Morgan fingerprint density at radius 1 is 1.33 bits per heavy atom. The first-order valence-corrected chi connectivity index (χ1v) is 8.23. The van der Waals surface area contributed by atoms with Crippen LogP contribution in [-0.2, 0) is 6.42 Å². The van der Waals surface area contributed by atoms with Crippen LogP contribution in [-0.4, -0.2) is 12.6 Å². The summed E-state index contributed by atoms with van der Waals surface area (Å²) >= 11 is 9.54. The molecular weight excluding hydrogens is 350 g/mol. The van der Waals surface area contributed by atoms with Crippen LogP contribution in [0.5, 0.6) is 5.75 Å². The Labute approximate surface area is 138 Å². The van der Waals surface area contributed by atoms with E-state index < -0.39 is 0 Å². The van der Waals surface area contributed by atoms with Crippen LogP contribution < -0.4 is 10.1 Å². The molecule has 110 valence electrons. The van der Waals surface area contributed by atoms with Crippen LogP contribution in [0.25, 0.3) is 0 Å². The zero-order chi connectivity index (χ0) is 14.8. The molecule has 1 aliphatic heterocycles. The molecule has 21 heavy (non-hydrogen) atoms. The van der Waals surface area contributed by atoms with E-state index in [4.69, 9.17) is 16.3 Å². The molecule has 2 atom stereocenters. The average Bonchev–Trinajstić information content (AvgIpc) is 2.86. The Kier molecular flexibility index (Phi) is 4.53. The van der Waals surface area contributed by atoms with Gasteiger partial charge in [-0.1, -0.05) is 39.7 Å². The molecule has 2 aromatic carbocycles. The van der Waals surface area contributed by atoms with Gasteiger partial charge in [-0.05, 0) is 48.4 Å². The Bertz CT molecular complexity index is 646. The number of hydrogen-bond donors (Lipinski definition) is 1. The van der Waals surface area contributed by atoms with E-state index in [9.17, 15) is 0 Å². The van der Waals surface area contributed by atoms with Gasteiger partial charge in [-0.25, -0.2) is 0 Å². The van der Waals surface area contributed by atoms with Gasteiger partial charge in [0.1, 0.15) is 11.9 Å². The van der Waals surface area contributed by atoms with Crippen molar-refractivity contribution in [3.63, 3.8) is 0 Å². The van der Waals surface area contributed by atoms with E-state index in [1.807, 2.05) is 30.3 Å². The largest absolute Gasteiger partial charge is 0.488 e. The molecular formula is C17H17BrClNO. The predicted molar refractivity (Wildman–Crippen MR) is 90.1 cm³/mol. The van der Waals surface area contributed by atoms with Crippen molar-refractivity contribution in [2.75, 3.05) is 6.54 Å². The SMILES string of the molecule is C[C@H](NCC1Cc2cc(Br)ccc2O1)c1cccc(Cl)c1. The van der Waals surface area contributed by atoms with Crippen molar-refractivity contribution in [2.24, 2.45) is 0 Å². The molecule has 0 aromatic heterocycles. The molecule has 0 aliphatic carbocycles. The van der Waals surface area contributed by atoms with Crippen LogP contribution in [0, 0.1) is 0 Å². The van der Waals surface area contributed by atoms with Crippen molar-refractivity contribution in [2.45, 2.75) is 25.5 Å². The van der Waals surface area contributed by atoms with Gasteiger partial charge in [0, 0.05) is 28.5 Å². The maximum atomic E-state index is 6.03. The first-order chi connectivity index (χ1) is 10.1. The second kappa shape index (κ2) is 6.39. The summed E-state index contributed by atoms with van der Waals surface area (Å²) < 4.78 is 7.07. The molecule has 0 radical (unpaired) electrons. The van der Waals surface area contributed by atoms with E-state index in [1.165, 1.54) is 11.1 Å². The third kappa shape index (κ3) is 3.60. The van der Waals surface area contributed by atoms with Gasteiger partial charge in [0.2, 0.25) is 0 Å². The smallest absolute Gasteiger partial charge is 0.123 e. The summed E-state index contributed by atoms with van der Waals surface area (Å²) in [4.78, 5) is 0. The van der Waals surface area contributed by atoms with Gasteiger partial charge in [-0.15, -0.1) is 0 Å². The van der Waals surface area contributed by atoms with Crippen molar-refractivity contribution in [1.29, 1.82) is 0 Å². The molecule has 0 amide bonds. The first-order valence-electron chi connectivity index (χ1n) is 7.06. The second-order valence-corrected chi connectivity index (χ2v) is 6.73.